The number of hydrogen-bond acceptors (Lipinski definition) is 2. The van der Waals surface area contributed by atoms with Crippen molar-refractivity contribution in [3.8, 4) is 0 Å². The molecule has 1 aromatic rings. The molecule has 0 radical (unpaired) electrons. The smallest absolute Gasteiger partial charge is 0.194 e. The molecule has 15 heavy (non-hydrogen) atoms. The fraction of sp³-hybridized carbons (Fsp3) is 0.385. The molecule has 0 amide bonds. The molecule has 0 aliphatic heterocycles. The molecule has 0 unspecified atom stereocenters. The molecular formula is C13H18O2. The zero-order chi connectivity index (χ0) is 11.1. The first-order chi connectivity index (χ1) is 7.29. The summed E-state index contributed by atoms with van der Waals surface area (Å²) in [4.78, 5) is 0. The Kier molecular flexibility index (Phi) is 4.53. The molecule has 0 aliphatic carbocycles. The Morgan fingerprint density at radius 1 is 1.20 bits per heavy atom. The molecule has 82 valence electrons. The lowest BCUT2D eigenvalue weighted by Crippen LogP contribution is -2.30. The third kappa shape index (κ3) is 2.67. The molecule has 0 spiro atoms. The average molecular weight is 206 g/mol. The van der Waals surface area contributed by atoms with Gasteiger partial charge in [0.15, 0.2) is 5.79 Å². The van der Waals surface area contributed by atoms with Crippen LogP contribution in [0, 0.1) is 0 Å². The topological polar surface area (TPSA) is 18.5 Å². The van der Waals surface area contributed by atoms with Crippen LogP contribution in [-0.2, 0) is 15.3 Å². The number of hydrogen-bond donors (Lipinski definition) is 0. The summed E-state index contributed by atoms with van der Waals surface area (Å²) in [5.74, 6) is -0.643. The van der Waals surface area contributed by atoms with Crippen LogP contribution in [0.25, 0.3) is 0 Å². The number of methoxy groups -OCH3 is 2. The van der Waals surface area contributed by atoms with Crippen LogP contribution in [0.2, 0.25) is 0 Å². The van der Waals surface area contributed by atoms with E-state index in [1.54, 1.807) is 14.2 Å². The predicted octanol–water partition coefficient (Wildman–Crippen LogP) is 3.10. The fourth-order valence-electron chi connectivity index (χ4n) is 1.65. The van der Waals surface area contributed by atoms with Gasteiger partial charge in [0.05, 0.1) is 0 Å². The highest BCUT2D eigenvalue weighted by Crippen LogP contribution is 2.30. The van der Waals surface area contributed by atoms with Crippen molar-refractivity contribution in [2.24, 2.45) is 0 Å². The third-order valence-corrected chi connectivity index (χ3v) is 2.55. The maximum atomic E-state index is 5.51. The van der Waals surface area contributed by atoms with E-state index in [2.05, 4.69) is 6.58 Å². The maximum absolute atomic E-state index is 5.51. The van der Waals surface area contributed by atoms with Gasteiger partial charge in [0.2, 0.25) is 0 Å². The maximum Gasteiger partial charge on any atom is 0.194 e. The van der Waals surface area contributed by atoms with Crippen LogP contribution in [0.5, 0.6) is 0 Å². The summed E-state index contributed by atoms with van der Waals surface area (Å²) in [6.45, 7) is 3.71. The molecule has 0 bridgehead atoms. The van der Waals surface area contributed by atoms with Gasteiger partial charge in [0, 0.05) is 26.2 Å². The molecule has 0 saturated heterocycles. The van der Waals surface area contributed by atoms with Gasteiger partial charge in [-0.3, -0.25) is 0 Å². The fourth-order valence-corrected chi connectivity index (χ4v) is 1.65. The first-order valence-corrected chi connectivity index (χ1v) is 5.06. The van der Waals surface area contributed by atoms with E-state index in [-0.39, 0.29) is 0 Å². The van der Waals surface area contributed by atoms with Crippen molar-refractivity contribution in [3.05, 3.63) is 48.6 Å². The quantitative estimate of drug-likeness (QED) is 0.526. The van der Waals surface area contributed by atoms with Crippen LogP contribution in [0.1, 0.15) is 18.4 Å². The zero-order valence-corrected chi connectivity index (χ0v) is 9.40. The van der Waals surface area contributed by atoms with E-state index >= 15 is 0 Å². The Labute approximate surface area is 91.5 Å². The first-order valence-electron chi connectivity index (χ1n) is 5.06. The minimum atomic E-state index is -0.643. The minimum absolute atomic E-state index is 0.643. The molecule has 0 aromatic heterocycles. The van der Waals surface area contributed by atoms with Gasteiger partial charge < -0.3 is 9.47 Å². The standard InChI is InChI=1S/C13H18O2/c1-4-5-11-13(14-2,15-3)12-9-7-6-8-10-12/h4,6-10H,1,5,11H2,2-3H3. The lowest BCUT2D eigenvalue weighted by atomic mass is 10.0. The molecule has 0 aliphatic rings. The third-order valence-electron chi connectivity index (χ3n) is 2.55. The van der Waals surface area contributed by atoms with Crippen molar-refractivity contribution in [1.29, 1.82) is 0 Å². The van der Waals surface area contributed by atoms with Gasteiger partial charge in [-0.15, -0.1) is 6.58 Å². The van der Waals surface area contributed by atoms with Crippen molar-refractivity contribution in [1.82, 2.24) is 0 Å². The van der Waals surface area contributed by atoms with Gasteiger partial charge >= 0.3 is 0 Å². The van der Waals surface area contributed by atoms with Gasteiger partial charge in [-0.1, -0.05) is 36.4 Å². The summed E-state index contributed by atoms with van der Waals surface area (Å²) in [5.41, 5.74) is 1.04. The van der Waals surface area contributed by atoms with Crippen molar-refractivity contribution >= 4 is 0 Å². The van der Waals surface area contributed by atoms with Crippen LogP contribution in [-0.4, -0.2) is 14.2 Å². The van der Waals surface area contributed by atoms with E-state index in [4.69, 9.17) is 9.47 Å². The lowest BCUT2D eigenvalue weighted by molar-refractivity contribution is -0.219. The Hall–Kier alpha value is -1.12. The molecule has 2 nitrogen and oxygen atoms in total. The molecule has 0 fully saturated rings. The lowest BCUT2D eigenvalue weighted by Gasteiger charge is -2.31. The van der Waals surface area contributed by atoms with Gasteiger partial charge in [-0.2, -0.15) is 0 Å². The van der Waals surface area contributed by atoms with Crippen LogP contribution in [0.3, 0.4) is 0 Å². The summed E-state index contributed by atoms with van der Waals surface area (Å²) in [5, 5.41) is 0. The second kappa shape index (κ2) is 5.69. The minimum Gasteiger partial charge on any atom is -0.349 e. The average Bonchev–Trinajstić information content (AvgIpc) is 2.33. The van der Waals surface area contributed by atoms with Crippen molar-refractivity contribution < 1.29 is 9.47 Å². The Bertz CT molecular complexity index is 289. The van der Waals surface area contributed by atoms with Crippen molar-refractivity contribution in [2.75, 3.05) is 14.2 Å². The number of ether oxygens (including phenoxy) is 2. The molecule has 1 rings (SSSR count). The summed E-state index contributed by atoms with van der Waals surface area (Å²) < 4.78 is 11.0. The van der Waals surface area contributed by atoms with E-state index < -0.39 is 5.79 Å². The van der Waals surface area contributed by atoms with Crippen molar-refractivity contribution in [3.63, 3.8) is 0 Å². The Balaban J connectivity index is 2.94. The SMILES string of the molecule is C=CCCC(OC)(OC)c1ccccc1. The van der Waals surface area contributed by atoms with Crippen LogP contribution in [0.4, 0.5) is 0 Å². The summed E-state index contributed by atoms with van der Waals surface area (Å²) in [7, 11) is 3.33. The van der Waals surface area contributed by atoms with E-state index in [1.165, 1.54) is 0 Å². The van der Waals surface area contributed by atoms with E-state index in [0.29, 0.717) is 0 Å². The molecule has 0 saturated carbocycles. The summed E-state index contributed by atoms with van der Waals surface area (Å²) in [6, 6.07) is 9.96. The van der Waals surface area contributed by atoms with Crippen LogP contribution in [0.15, 0.2) is 43.0 Å². The van der Waals surface area contributed by atoms with E-state index in [0.717, 1.165) is 18.4 Å². The van der Waals surface area contributed by atoms with Gasteiger partial charge in [0.25, 0.3) is 0 Å². The molecule has 0 heterocycles. The monoisotopic (exact) mass is 206 g/mol. The molecule has 1 aromatic carbocycles. The van der Waals surface area contributed by atoms with E-state index in [9.17, 15) is 0 Å². The Morgan fingerprint density at radius 2 is 1.80 bits per heavy atom. The highest BCUT2D eigenvalue weighted by molar-refractivity contribution is 5.20. The second-order valence-electron chi connectivity index (χ2n) is 3.35. The summed E-state index contributed by atoms with van der Waals surface area (Å²) >= 11 is 0. The molecular weight excluding hydrogens is 188 g/mol. The molecule has 2 heteroatoms. The largest absolute Gasteiger partial charge is 0.349 e. The van der Waals surface area contributed by atoms with Gasteiger partial charge in [-0.25, -0.2) is 0 Å². The number of rotatable bonds is 6. The Morgan fingerprint density at radius 3 is 2.27 bits per heavy atom. The van der Waals surface area contributed by atoms with E-state index in [1.807, 2.05) is 36.4 Å². The highest BCUT2D eigenvalue weighted by atomic mass is 16.7. The zero-order valence-electron chi connectivity index (χ0n) is 9.40. The summed E-state index contributed by atoms with van der Waals surface area (Å²) in [6.07, 6.45) is 3.50. The number of allylic oxidation sites excluding steroid dienone is 1. The van der Waals surface area contributed by atoms with Crippen LogP contribution < -0.4 is 0 Å². The van der Waals surface area contributed by atoms with Gasteiger partial charge in [-0.05, 0) is 6.42 Å². The van der Waals surface area contributed by atoms with Crippen LogP contribution >= 0.6 is 0 Å². The molecule has 0 N–H and O–H groups in total. The predicted molar refractivity (Wildman–Crippen MR) is 61.6 cm³/mol. The molecule has 0 atom stereocenters. The normalized spacial score (nSPS) is 11.3. The second-order valence-corrected chi connectivity index (χ2v) is 3.35. The van der Waals surface area contributed by atoms with Crippen molar-refractivity contribution in [2.45, 2.75) is 18.6 Å². The first kappa shape index (κ1) is 12.0. The highest BCUT2D eigenvalue weighted by Gasteiger charge is 2.30. The van der Waals surface area contributed by atoms with Gasteiger partial charge in [0.1, 0.15) is 0 Å². The number of benzene rings is 1.